The standard InChI is InChI=1S/C22H19N3O4S2/c1-14-8-6-7-11-19(14)31(27,28)25-16-12-17(29-2)20-18(13-16)30-22(23-20)24-21(26)15-9-4-3-5-10-15/h3-13,25H,1-2H3,(H,23,24,26). The molecule has 0 radical (unpaired) electrons. The topological polar surface area (TPSA) is 97.4 Å². The molecule has 1 amide bonds. The van der Waals surface area contributed by atoms with E-state index in [4.69, 9.17) is 4.74 Å². The largest absolute Gasteiger partial charge is 0.494 e. The summed E-state index contributed by atoms with van der Waals surface area (Å²) in [7, 11) is -2.29. The molecule has 9 heteroatoms. The summed E-state index contributed by atoms with van der Waals surface area (Å²) in [5.41, 5.74) is 2.04. The van der Waals surface area contributed by atoms with Crippen LogP contribution in [0.2, 0.25) is 0 Å². The molecule has 0 saturated heterocycles. The molecular weight excluding hydrogens is 434 g/mol. The number of hydrogen-bond donors (Lipinski definition) is 2. The smallest absolute Gasteiger partial charge is 0.262 e. The van der Waals surface area contributed by atoms with Gasteiger partial charge in [0.1, 0.15) is 11.3 Å². The minimum Gasteiger partial charge on any atom is -0.494 e. The molecule has 0 bridgehead atoms. The van der Waals surface area contributed by atoms with E-state index >= 15 is 0 Å². The summed E-state index contributed by atoms with van der Waals surface area (Å²) in [6.07, 6.45) is 0. The highest BCUT2D eigenvalue weighted by Gasteiger charge is 2.19. The number of hydrogen-bond acceptors (Lipinski definition) is 6. The van der Waals surface area contributed by atoms with Gasteiger partial charge in [-0.15, -0.1) is 0 Å². The quantitative estimate of drug-likeness (QED) is 0.442. The van der Waals surface area contributed by atoms with Gasteiger partial charge in [-0.25, -0.2) is 13.4 Å². The first kappa shape index (κ1) is 20.8. The van der Waals surface area contributed by atoms with Crippen LogP contribution in [0.5, 0.6) is 5.75 Å². The van der Waals surface area contributed by atoms with E-state index < -0.39 is 10.0 Å². The van der Waals surface area contributed by atoms with Gasteiger partial charge in [0.2, 0.25) is 0 Å². The van der Waals surface area contributed by atoms with E-state index in [-0.39, 0.29) is 10.8 Å². The van der Waals surface area contributed by atoms with Crippen LogP contribution in [0.25, 0.3) is 10.2 Å². The van der Waals surface area contributed by atoms with Crippen molar-refractivity contribution in [3.05, 3.63) is 77.9 Å². The lowest BCUT2D eigenvalue weighted by Crippen LogP contribution is -2.14. The Kier molecular flexibility index (Phi) is 5.62. The summed E-state index contributed by atoms with van der Waals surface area (Å²) in [5.74, 6) is 0.121. The zero-order valence-electron chi connectivity index (χ0n) is 16.7. The van der Waals surface area contributed by atoms with Gasteiger partial charge in [-0.1, -0.05) is 47.7 Å². The summed E-state index contributed by atoms with van der Waals surface area (Å²) in [4.78, 5) is 17.1. The van der Waals surface area contributed by atoms with Crippen LogP contribution < -0.4 is 14.8 Å². The number of ether oxygens (including phenoxy) is 1. The molecule has 0 aliphatic carbocycles. The minimum atomic E-state index is -3.78. The number of carbonyl (C=O) groups excluding carboxylic acids is 1. The molecule has 4 rings (SSSR count). The summed E-state index contributed by atoms with van der Waals surface area (Å²) in [6.45, 7) is 1.74. The number of amides is 1. The average molecular weight is 454 g/mol. The van der Waals surface area contributed by atoms with Crippen LogP contribution in [-0.4, -0.2) is 26.4 Å². The number of fused-ring (bicyclic) bond motifs is 1. The summed E-state index contributed by atoms with van der Waals surface area (Å²) in [6, 6.07) is 18.8. The third-order valence-corrected chi connectivity index (χ3v) is 7.03. The van der Waals surface area contributed by atoms with Crippen molar-refractivity contribution in [3.8, 4) is 5.75 Å². The third kappa shape index (κ3) is 4.37. The van der Waals surface area contributed by atoms with E-state index in [1.807, 2.05) is 6.07 Å². The van der Waals surface area contributed by atoms with Gasteiger partial charge in [0, 0.05) is 11.6 Å². The van der Waals surface area contributed by atoms with Crippen molar-refractivity contribution >= 4 is 48.3 Å². The second-order valence-corrected chi connectivity index (χ2v) is 9.42. The fourth-order valence-electron chi connectivity index (χ4n) is 3.09. The Labute approximate surface area is 183 Å². The zero-order valence-corrected chi connectivity index (χ0v) is 18.4. The molecule has 0 aliphatic rings. The molecule has 0 saturated carbocycles. The van der Waals surface area contributed by atoms with E-state index in [2.05, 4.69) is 15.0 Å². The van der Waals surface area contributed by atoms with Gasteiger partial charge < -0.3 is 4.74 Å². The first-order valence-corrected chi connectivity index (χ1v) is 11.6. The highest BCUT2D eigenvalue weighted by Crippen LogP contribution is 2.36. The molecule has 0 fully saturated rings. The zero-order chi connectivity index (χ0) is 22.0. The van der Waals surface area contributed by atoms with Gasteiger partial charge in [-0.3, -0.25) is 14.8 Å². The maximum absolute atomic E-state index is 12.8. The molecule has 4 aromatic rings. The average Bonchev–Trinajstić information content (AvgIpc) is 3.15. The van der Waals surface area contributed by atoms with Crippen molar-refractivity contribution < 1.29 is 17.9 Å². The fraction of sp³-hybridized carbons (Fsp3) is 0.0909. The highest BCUT2D eigenvalue weighted by molar-refractivity contribution is 7.92. The summed E-state index contributed by atoms with van der Waals surface area (Å²) in [5, 5.41) is 3.16. The number of benzene rings is 3. The highest BCUT2D eigenvalue weighted by atomic mass is 32.2. The van der Waals surface area contributed by atoms with Crippen LogP contribution in [-0.2, 0) is 10.0 Å². The number of methoxy groups -OCH3 is 1. The Morgan fingerprint density at radius 3 is 2.45 bits per heavy atom. The number of aryl methyl sites for hydroxylation is 1. The van der Waals surface area contributed by atoms with Crippen molar-refractivity contribution in [2.75, 3.05) is 17.1 Å². The minimum absolute atomic E-state index is 0.203. The number of sulfonamides is 1. The molecule has 1 heterocycles. The van der Waals surface area contributed by atoms with Crippen LogP contribution in [0.1, 0.15) is 15.9 Å². The van der Waals surface area contributed by atoms with Gasteiger partial charge >= 0.3 is 0 Å². The Morgan fingerprint density at radius 2 is 1.74 bits per heavy atom. The Morgan fingerprint density at radius 1 is 1.03 bits per heavy atom. The SMILES string of the molecule is COc1cc(NS(=O)(=O)c2ccccc2C)cc2sc(NC(=O)c3ccccc3)nc12. The lowest BCUT2D eigenvalue weighted by molar-refractivity contribution is 0.102. The van der Waals surface area contributed by atoms with E-state index in [0.29, 0.717) is 37.9 Å². The molecule has 0 aliphatic heterocycles. The van der Waals surface area contributed by atoms with Crippen LogP contribution in [0.15, 0.2) is 71.6 Å². The lowest BCUT2D eigenvalue weighted by atomic mass is 10.2. The second kappa shape index (κ2) is 8.37. The normalized spacial score (nSPS) is 11.3. The number of anilines is 2. The van der Waals surface area contributed by atoms with Crippen LogP contribution in [0.3, 0.4) is 0 Å². The number of nitrogens with zero attached hydrogens (tertiary/aromatic N) is 1. The third-order valence-electron chi connectivity index (χ3n) is 4.57. The molecule has 7 nitrogen and oxygen atoms in total. The van der Waals surface area contributed by atoms with Gasteiger partial charge in [-0.05, 0) is 36.8 Å². The fourth-order valence-corrected chi connectivity index (χ4v) is 5.30. The Balaban J connectivity index is 1.66. The molecule has 0 unspecified atom stereocenters. The van der Waals surface area contributed by atoms with Crippen molar-refractivity contribution in [2.45, 2.75) is 11.8 Å². The number of thiazole rings is 1. The van der Waals surface area contributed by atoms with Crippen LogP contribution in [0.4, 0.5) is 10.8 Å². The number of aromatic nitrogens is 1. The Hall–Kier alpha value is -3.43. The van der Waals surface area contributed by atoms with Crippen molar-refractivity contribution in [1.29, 1.82) is 0 Å². The van der Waals surface area contributed by atoms with E-state index in [9.17, 15) is 13.2 Å². The first-order valence-electron chi connectivity index (χ1n) is 9.31. The molecule has 0 atom stereocenters. The molecule has 31 heavy (non-hydrogen) atoms. The molecule has 3 aromatic carbocycles. The molecule has 0 spiro atoms. The van der Waals surface area contributed by atoms with Gasteiger partial charge in [0.05, 0.1) is 22.4 Å². The van der Waals surface area contributed by atoms with Crippen molar-refractivity contribution in [2.24, 2.45) is 0 Å². The van der Waals surface area contributed by atoms with Gasteiger partial charge in [-0.2, -0.15) is 0 Å². The van der Waals surface area contributed by atoms with Crippen molar-refractivity contribution in [1.82, 2.24) is 4.98 Å². The maximum atomic E-state index is 12.8. The first-order chi connectivity index (χ1) is 14.9. The predicted molar refractivity (Wildman–Crippen MR) is 123 cm³/mol. The lowest BCUT2D eigenvalue weighted by Gasteiger charge is -2.11. The van der Waals surface area contributed by atoms with Crippen molar-refractivity contribution in [3.63, 3.8) is 0 Å². The number of rotatable bonds is 6. The van der Waals surface area contributed by atoms with Gasteiger partial charge in [0.25, 0.3) is 15.9 Å². The monoisotopic (exact) mass is 453 g/mol. The number of carbonyl (C=O) groups is 1. The van der Waals surface area contributed by atoms with E-state index in [1.165, 1.54) is 18.4 Å². The molecule has 158 valence electrons. The maximum Gasteiger partial charge on any atom is 0.262 e. The van der Waals surface area contributed by atoms with E-state index in [1.54, 1.807) is 67.6 Å². The second-order valence-electron chi connectivity index (χ2n) is 6.74. The molecule has 1 aromatic heterocycles. The van der Waals surface area contributed by atoms with Crippen LogP contribution in [0, 0.1) is 6.92 Å². The van der Waals surface area contributed by atoms with Gasteiger partial charge in [0.15, 0.2) is 5.13 Å². The van der Waals surface area contributed by atoms with Crippen LogP contribution >= 0.6 is 11.3 Å². The predicted octanol–water partition coefficient (Wildman–Crippen LogP) is 4.67. The number of nitrogens with one attached hydrogen (secondary N) is 2. The van der Waals surface area contributed by atoms with E-state index in [0.717, 1.165) is 0 Å². The molecular formula is C22H19N3O4S2. The molecule has 2 N–H and O–H groups in total. The summed E-state index contributed by atoms with van der Waals surface area (Å²) >= 11 is 1.23. The Bertz CT molecular complexity index is 1370. The summed E-state index contributed by atoms with van der Waals surface area (Å²) < 4.78 is 34.4.